The summed E-state index contributed by atoms with van der Waals surface area (Å²) in [4.78, 5) is 20.9. The molecule has 0 bridgehead atoms. The van der Waals surface area contributed by atoms with Crippen molar-refractivity contribution in [3.63, 3.8) is 0 Å². The zero-order valence-corrected chi connectivity index (χ0v) is 19.1. The Morgan fingerprint density at radius 3 is 2.80 bits per heavy atom. The first-order valence-electron chi connectivity index (χ1n) is 10.1. The minimum Gasteiger partial charge on any atom is -0.497 e. The van der Waals surface area contributed by atoms with Gasteiger partial charge in [0.25, 0.3) is 0 Å². The largest absolute Gasteiger partial charge is 0.497 e. The normalized spacial score (nSPS) is 16.2. The van der Waals surface area contributed by atoms with E-state index in [4.69, 9.17) is 14.5 Å². The molecule has 1 saturated heterocycles. The lowest BCUT2D eigenvalue weighted by atomic mass is 10.1. The number of benzene rings is 2. The van der Waals surface area contributed by atoms with Crippen LogP contribution >= 0.6 is 23.1 Å². The van der Waals surface area contributed by atoms with E-state index in [1.165, 1.54) is 17.3 Å². The summed E-state index contributed by atoms with van der Waals surface area (Å²) in [6.07, 6.45) is 2.11. The first-order chi connectivity index (χ1) is 14.5. The summed E-state index contributed by atoms with van der Waals surface area (Å²) in [5, 5.41) is 0.759. The van der Waals surface area contributed by atoms with Crippen LogP contribution < -0.4 is 9.64 Å². The average Bonchev–Trinajstić information content (AvgIpc) is 3.40. The topological polar surface area (TPSA) is 51.7 Å². The van der Waals surface area contributed by atoms with Crippen LogP contribution in [0, 0.1) is 13.8 Å². The van der Waals surface area contributed by atoms with Crippen LogP contribution in [-0.4, -0.2) is 43.0 Å². The number of hydrogen-bond acceptors (Lipinski definition) is 6. The number of carbonyl (C=O) groups is 1. The van der Waals surface area contributed by atoms with E-state index < -0.39 is 0 Å². The number of nitrogens with zero attached hydrogens (tertiary/aromatic N) is 2. The predicted octanol–water partition coefficient (Wildman–Crippen LogP) is 5.23. The lowest BCUT2D eigenvalue weighted by Crippen LogP contribution is -2.38. The summed E-state index contributed by atoms with van der Waals surface area (Å²) in [6.45, 7) is 5.49. The van der Waals surface area contributed by atoms with E-state index in [-0.39, 0.29) is 12.0 Å². The van der Waals surface area contributed by atoms with E-state index in [1.807, 2.05) is 29.2 Å². The van der Waals surface area contributed by atoms with Crippen molar-refractivity contribution in [2.24, 2.45) is 0 Å². The van der Waals surface area contributed by atoms with Gasteiger partial charge in [0, 0.05) is 11.5 Å². The highest BCUT2D eigenvalue weighted by Gasteiger charge is 2.26. The van der Waals surface area contributed by atoms with Gasteiger partial charge in [0.2, 0.25) is 5.91 Å². The Labute approximate surface area is 185 Å². The molecular formula is C23H26N2O3S2. The van der Waals surface area contributed by atoms with Crippen LogP contribution in [0.4, 0.5) is 5.13 Å². The summed E-state index contributed by atoms with van der Waals surface area (Å²) in [6, 6.07) is 12.1. The molecule has 3 aromatic rings. The monoisotopic (exact) mass is 442 g/mol. The van der Waals surface area contributed by atoms with Gasteiger partial charge in [-0.05, 0) is 68.1 Å². The molecule has 1 amide bonds. The fraction of sp³-hybridized carbons (Fsp3) is 0.391. The Balaban J connectivity index is 1.55. The zero-order chi connectivity index (χ0) is 21.1. The standard InChI is InChI=1S/C23H26N2O3S2/c1-15-11-16(2)22-20(12-15)30-23(24-22)25(13-18-5-4-10-28-18)21(26)14-29-19-8-6-17(27-3)7-9-19/h6-9,11-12,18H,4-5,10,13-14H2,1-3H3. The van der Waals surface area contributed by atoms with E-state index in [9.17, 15) is 4.79 Å². The summed E-state index contributed by atoms with van der Waals surface area (Å²) in [7, 11) is 1.65. The van der Waals surface area contributed by atoms with Crippen molar-refractivity contribution >= 4 is 44.4 Å². The van der Waals surface area contributed by atoms with Crippen LogP contribution in [0.25, 0.3) is 10.2 Å². The molecule has 0 spiro atoms. The lowest BCUT2D eigenvalue weighted by molar-refractivity contribution is -0.116. The minimum absolute atomic E-state index is 0.0553. The van der Waals surface area contributed by atoms with Crippen molar-refractivity contribution in [3.8, 4) is 5.75 Å². The number of ether oxygens (including phenoxy) is 2. The molecule has 30 heavy (non-hydrogen) atoms. The van der Waals surface area contributed by atoms with E-state index in [0.29, 0.717) is 12.3 Å². The molecule has 0 N–H and O–H groups in total. The van der Waals surface area contributed by atoms with Crippen molar-refractivity contribution in [2.45, 2.75) is 37.7 Å². The van der Waals surface area contributed by atoms with Gasteiger partial charge < -0.3 is 9.47 Å². The second kappa shape index (κ2) is 9.37. The highest BCUT2D eigenvalue weighted by Crippen LogP contribution is 2.33. The van der Waals surface area contributed by atoms with Gasteiger partial charge in [0.05, 0.1) is 35.7 Å². The predicted molar refractivity (Wildman–Crippen MR) is 124 cm³/mol. The van der Waals surface area contributed by atoms with Crippen LogP contribution in [0.1, 0.15) is 24.0 Å². The number of rotatable bonds is 7. The van der Waals surface area contributed by atoms with E-state index in [2.05, 4.69) is 26.0 Å². The van der Waals surface area contributed by atoms with Crippen molar-refractivity contribution < 1.29 is 14.3 Å². The number of aromatic nitrogens is 1. The maximum atomic E-state index is 13.2. The fourth-order valence-corrected chi connectivity index (χ4v) is 5.59. The number of anilines is 1. The van der Waals surface area contributed by atoms with Crippen LogP contribution in [0.2, 0.25) is 0 Å². The minimum atomic E-state index is 0.0553. The molecule has 1 atom stereocenters. The van der Waals surface area contributed by atoms with Crippen LogP contribution in [0.15, 0.2) is 41.3 Å². The maximum absolute atomic E-state index is 13.2. The molecule has 7 heteroatoms. The molecule has 1 aliphatic heterocycles. The molecule has 0 aliphatic carbocycles. The van der Waals surface area contributed by atoms with Gasteiger partial charge in [-0.25, -0.2) is 4.98 Å². The molecule has 1 fully saturated rings. The van der Waals surface area contributed by atoms with Crippen molar-refractivity contribution in [1.82, 2.24) is 4.98 Å². The summed E-state index contributed by atoms with van der Waals surface area (Å²) >= 11 is 3.12. The Morgan fingerprint density at radius 2 is 2.10 bits per heavy atom. The zero-order valence-electron chi connectivity index (χ0n) is 17.5. The third-order valence-corrected chi connectivity index (χ3v) is 7.20. The van der Waals surface area contributed by atoms with Crippen LogP contribution in [-0.2, 0) is 9.53 Å². The molecule has 1 aromatic heterocycles. The number of methoxy groups -OCH3 is 1. The first kappa shape index (κ1) is 21.2. The average molecular weight is 443 g/mol. The molecule has 4 rings (SSSR count). The third-order valence-electron chi connectivity index (χ3n) is 5.18. The molecule has 0 radical (unpaired) electrons. The van der Waals surface area contributed by atoms with E-state index in [0.717, 1.165) is 51.0 Å². The van der Waals surface area contributed by atoms with Gasteiger partial charge in [-0.1, -0.05) is 17.4 Å². The van der Waals surface area contributed by atoms with E-state index in [1.54, 1.807) is 18.4 Å². The summed E-state index contributed by atoms with van der Waals surface area (Å²) in [5.41, 5.74) is 3.33. The number of hydrogen-bond donors (Lipinski definition) is 0. The maximum Gasteiger partial charge on any atom is 0.239 e. The smallest absolute Gasteiger partial charge is 0.239 e. The Hall–Kier alpha value is -2.09. The molecule has 5 nitrogen and oxygen atoms in total. The SMILES string of the molecule is COc1ccc(SCC(=O)N(CC2CCCO2)c2nc3c(C)cc(C)cc3s2)cc1. The van der Waals surface area contributed by atoms with Crippen LogP contribution in [0.3, 0.4) is 0 Å². The van der Waals surface area contributed by atoms with Gasteiger partial charge in [-0.2, -0.15) is 0 Å². The number of fused-ring (bicyclic) bond motifs is 1. The summed E-state index contributed by atoms with van der Waals surface area (Å²) < 4.78 is 12.2. The first-order valence-corrected chi connectivity index (χ1v) is 11.9. The number of carbonyl (C=O) groups excluding carboxylic acids is 1. The van der Waals surface area contributed by atoms with Crippen LogP contribution in [0.5, 0.6) is 5.75 Å². The summed E-state index contributed by atoms with van der Waals surface area (Å²) in [5.74, 6) is 1.22. The molecule has 2 heterocycles. The Bertz CT molecular complexity index is 1030. The molecule has 1 unspecified atom stereocenters. The Morgan fingerprint density at radius 1 is 1.30 bits per heavy atom. The molecule has 158 valence electrons. The number of thiazole rings is 1. The molecule has 0 saturated carbocycles. The van der Waals surface area contributed by atoms with E-state index >= 15 is 0 Å². The molecular weight excluding hydrogens is 416 g/mol. The van der Waals surface area contributed by atoms with Crippen molar-refractivity contribution in [1.29, 1.82) is 0 Å². The third kappa shape index (κ3) is 4.79. The van der Waals surface area contributed by atoms with Gasteiger partial charge in [-0.3, -0.25) is 9.69 Å². The second-order valence-corrected chi connectivity index (χ2v) is 9.59. The van der Waals surface area contributed by atoms with Gasteiger partial charge in [0.15, 0.2) is 5.13 Å². The highest BCUT2D eigenvalue weighted by molar-refractivity contribution is 8.00. The molecule has 2 aromatic carbocycles. The number of aryl methyl sites for hydroxylation is 2. The van der Waals surface area contributed by atoms with Gasteiger partial charge in [-0.15, -0.1) is 11.8 Å². The lowest BCUT2D eigenvalue weighted by Gasteiger charge is -2.23. The number of thioether (sulfide) groups is 1. The number of amides is 1. The van der Waals surface area contributed by atoms with Crippen molar-refractivity contribution in [2.75, 3.05) is 30.9 Å². The second-order valence-electron chi connectivity index (χ2n) is 7.53. The van der Waals surface area contributed by atoms with Gasteiger partial charge in [0.1, 0.15) is 5.75 Å². The Kier molecular flexibility index (Phi) is 6.61. The van der Waals surface area contributed by atoms with Gasteiger partial charge >= 0.3 is 0 Å². The van der Waals surface area contributed by atoms with Crippen molar-refractivity contribution in [3.05, 3.63) is 47.5 Å². The fourth-order valence-electron chi connectivity index (χ4n) is 3.65. The highest BCUT2D eigenvalue weighted by atomic mass is 32.2. The molecule has 1 aliphatic rings. The quantitative estimate of drug-likeness (QED) is 0.469.